The van der Waals surface area contributed by atoms with E-state index in [1.165, 1.54) is 5.56 Å². The summed E-state index contributed by atoms with van der Waals surface area (Å²) in [6.07, 6.45) is 10.4. The van der Waals surface area contributed by atoms with E-state index < -0.39 is 0 Å². The number of likely N-dealkylation sites (tertiary alicyclic amines) is 1. The number of aromatic amines is 1. The number of hydrogen-bond acceptors (Lipinski definition) is 3. The van der Waals surface area contributed by atoms with Crippen molar-refractivity contribution in [1.29, 1.82) is 0 Å². The lowest BCUT2D eigenvalue weighted by Crippen LogP contribution is -2.32. The molecule has 6 heteroatoms. The van der Waals surface area contributed by atoms with Crippen LogP contribution in [-0.4, -0.2) is 43.6 Å². The first-order valence-corrected chi connectivity index (χ1v) is 11.5. The summed E-state index contributed by atoms with van der Waals surface area (Å²) in [6.45, 7) is 2.69. The van der Waals surface area contributed by atoms with Gasteiger partial charge in [-0.05, 0) is 54.9 Å². The Hall–Kier alpha value is -3.41. The van der Waals surface area contributed by atoms with Gasteiger partial charge in [-0.1, -0.05) is 36.4 Å². The lowest BCUT2D eigenvalue weighted by Gasteiger charge is -2.21. The Bertz CT molecular complexity index is 1170. The molecule has 1 N–H and O–H groups in total. The molecule has 0 radical (unpaired) electrons. The number of benzene rings is 2. The van der Waals surface area contributed by atoms with Crippen molar-refractivity contribution in [2.75, 3.05) is 13.1 Å². The van der Waals surface area contributed by atoms with Crippen LogP contribution in [0.2, 0.25) is 0 Å². The molecule has 2 aromatic heterocycles. The summed E-state index contributed by atoms with van der Waals surface area (Å²) in [5.74, 6) is 0.849. The third-order valence-electron chi connectivity index (χ3n) is 6.58. The van der Waals surface area contributed by atoms with Crippen LogP contribution in [-0.2, 0) is 17.8 Å². The highest BCUT2D eigenvalue weighted by Crippen LogP contribution is 2.26. The molecule has 0 saturated carbocycles. The molecule has 1 atom stereocenters. The van der Waals surface area contributed by atoms with Crippen molar-refractivity contribution in [3.63, 3.8) is 0 Å². The van der Waals surface area contributed by atoms with Gasteiger partial charge in [0.25, 0.3) is 0 Å². The van der Waals surface area contributed by atoms with Gasteiger partial charge in [0, 0.05) is 37.8 Å². The van der Waals surface area contributed by atoms with Crippen LogP contribution in [0.5, 0.6) is 0 Å². The Morgan fingerprint density at radius 1 is 1.06 bits per heavy atom. The number of nitrogens with one attached hydrogen (secondary N) is 1. The van der Waals surface area contributed by atoms with E-state index in [-0.39, 0.29) is 5.91 Å². The molecule has 0 aliphatic carbocycles. The zero-order valence-corrected chi connectivity index (χ0v) is 18.3. The second-order valence-electron chi connectivity index (χ2n) is 8.75. The van der Waals surface area contributed by atoms with Crippen LogP contribution in [0.4, 0.5) is 0 Å². The van der Waals surface area contributed by atoms with Crippen molar-refractivity contribution in [3.05, 3.63) is 72.8 Å². The van der Waals surface area contributed by atoms with E-state index in [0.29, 0.717) is 12.3 Å². The highest BCUT2D eigenvalue weighted by atomic mass is 16.2. The van der Waals surface area contributed by atoms with Gasteiger partial charge in [-0.2, -0.15) is 5.10 Å². The van der Waals surface area contributed by atoms with E-state index >= 15 is 0 Å². The van der Waals surface area contributed by atoms with Crippen LogP contribution >= 0.6 is 0 Å². The number of rotatable bonds is 6. The molecule has 1 unspecified atom stereocenters. The summed E-state index contributed by atoms with van der Waals surface area (Å²) < 4.78 is 2.27. The third-order valence-corrected chi connectivity index (χ3v) is 6.58. The number of hydrogen-bond donors (Lipinski definition) is 1. The molecule has 6 nitrogen and oxygen atoms in total. The Kier molecular flexibility index (Phi) is 6.01. The van der Waals surface area contributed by atoms with E-state index in [4.69, 9.17) is 0 Å². The number of aryl methyl sites for hydroxylation is 1. The molecular weight excluding hydrogens is 398 g/mol. The fraction of sp³-hybridized carbons (Fsp3) is 0.346. The van der Waals surface area contributed by atoms with Crippen molar-refractivity contribution in [1.82, 2.24) is 24.6 Å². The minimum absolute atomic E-state index is 0.286. The summed E-state index contributed by atoms with van der Waals surface area (Å²) >= 11 is 0. The molecule has 32 heavy (non-hydrogen) atoms. The molecular formula is C26H29N5O. The predicted molar refractivity (Wildman–Crippen MR) is 126 cm³/mol. The molecule has 0 bridgehead atoms. The summed E-state index contributed by atoms with van der Waals surface area (Å²) in [7, 11) is 0. The van der Waals surface area contributed by atoms with Gasteiger partial charge in [-0.15, -0.1) is 0 Å². The maximum Gasteiger partial charge on any atom is 0.222 e. The standard InChI is InChI=1S/C26H29N5O/c32-26(11-8-20-5-2-1-3-6-20)30-13-4-7-21(12-14-30)18-31-19-27-24-15-22(9-10-25(24)31)23-16-28-29-17-23/h1-3,5-6,9-10,15-17,19,21H,4,7-8,11-14,18H2,(H,28,29). The summed E-state index contributed by atoms with van der Waals surface area (Å²) in [5.41, 5.74) is 5.60. The van der Waals surface area contributed by atoms with Crippen molar-refractivity contribution in [2.45, 2.75) is 38.6 Å². The lowest BCUT2D eigenvalue weighted by molar-refractivity contribution is -0.131. The molecule has 164 valence electrons. The predicted octanol–water partition coefficient (Wildman–Crippen LogP) is 4.69. The largest absolute Gasteiger partial charge is 0.343 e. The van der Waals surface area contributed by atoms with Gasteiger partial charge < -0.3 is 9.47 Å². The minimum atomic E-state index is 0.286. The van der Waals surface area contributed by atoms with Gasteiger partial charge in [0.2, 0.25) is 5.91 Å². The van der Waals surface area contributed by atoms with Crippen LogP contribution in [0.3, 0.4) is 0 Å². The molecule has 4 aromatic rings. The van der Waals surface area contributed by atoms with Gasteiger partial charge in [0.1, 0.15) is 0 Å². The number of carbonyl (C=O) groups is 1. The molecule has 1 amide bonds. The van der Waals surface area contributed by atoms with Gasteiger partial charge in [0.05, 0.1) is 23.6 Å². The monoisotopic (exact) mass is 427 g/mol. The fourth-order valence-electron chi connectivity index (χ4n) is 4.73. The third kappa shape index (κ3) is 4.59. The normalized spacial score (nSPS) is 16.9. The molecule has 1 aliphatic heterocycles. The average molecular weight is 428 g/mol. The number of aromatic nitrogens is 4. The van der Waals surface area contributed by atoms with E-state index in [9.17, 15) is 4.79 Å². The van der Waals surface area contributed by atoms with Crippen LogP contribution in [0.15, 0.2) is 67.3 Å². The van der Waals surface area contributed by atoms with Crippen molar-refractivity contribution in [3.8, 4) is 11.1 Å². The number of H-pyrrole nitrogens is 1. The smallest absolute Gasteiger partial charge is 0.222 e. The second kappa shape index (κ2) is 9.39. The fourth-order valence-corrected chi connectivity index (χ4v) is 4.73. The SMILES string of the molecule is O=C(CCc1ccccc1)N1CCCC(Cn2cnc3cc(-c4cn[nH]c4)ccc32)CC1. The van der Waals surface area contributed by atoms with Crippen molar-refractivity contribution in [2.24, 2.45) is 5.92 Å². The topological polar surface area (TPSA) is 66.8 Å². The molecule has 0 spiro atoms. The van der Waals surface area contributed by atoms with Gasteiger partial charge in [0.15, 0.2) is 0 Å². The van der Waals surface area contributed by atoms with E-state index in [1.807, 2.05) is 36.9 Å². The van der Waals surface area contributed by atoms with Gasteiger partial charge >= 0.3 is 0 Å². The molecule has 2 aromatic carbocycles. The van der Waals surface area contributed by atoms with Gasteiger partial charge in [-0.25, -0.2) is 4.98 Å². The second-order valence-corrected chi connectivity index (χ2v) is 8.75. The number of imidazole rings is 1. The van der Waals surface area contributed by atoms with Crippen LogP contribution in [0, 0.1) is 5.92 Å². The Morgan fingerprint density at radius 2 is 1.97 bits per heavy atom. The van der Waals surface area contributed by atoms with Gasteiger partial charge in [-0.3, -0.25) is 9.89 Å². The molecule has 5 rings (SSSR count). The molecule has 1 fully saturated rings. The van der Waals surface area contributed by atoms with E-state index in [2.05, 4.69) is 55.0 Å². The summed E-state index contributed by atoms with van der Waals surface area (Å²) in [4.78, 5) is 19.5. The Morgan fingerprint density at radius 3 is 2.81 bits per heavy atom. The van der Waals surface area contributed by atoms with Crippen LogP contribution < -0.4 is 0 Å². The van der Waals surface area contributed by atoms with E-state index in [1.54, 1.807) is 0 Å². The van der Waals surface area contributed by atoms with Crippen LogP contribution in [0.1, 0.15) is 31.2 Å². The first-order chi connectivity index (χ1) is 15.8. The average Bonchev–Trinajstić information content (AvgIpc) is 3.44. The lowest BCUT2D eigenvalue weighted by atomic mass is 10.0. The zero-order valence-electron chi connectivity index (χ0n) is 18.3. The number of amides is 1. The first-order valence-electron chi connectivity index (χ1n) is 11.5. The maximum absolute atomic E-state index is 12.8. The highest BCUT2D eigenvalue weighted by molar-refractivity contribution is 5.81. The molecule has 1 saturated heterocycles. The number of fused-ring (bicyclic) bond motifs is 1. The van der Waals surface area contributed by atoms with Crippen molar-refractivity contribution >= 4 is 16.9 Å². The summed E-state index contributed by atoms with van der Waals surface area (Å²) in [6, 6.07) is 16.7. The van der Waals surface area contributed by atoms with Crippen molar-refractivity contribution < 1.29 is 4.79 Å². The quantitative estimate of drug-likeness (QED) is 0.485. The number of nitrogens with zero attached hydrogens (tertiary/aromatic N) is 4. The molecule has 3 heterocycles. The Labute approximate surface area is 188 Å². The maximum atomic E-state index is 12.8. The zero-order chi connectivity index (χ0) is 21.8. The number of carbonyl (C=O) groups excluding carboxylic acids is 1. The molecule has 1 aliphatic rings. The first kappa shape index (κ1) is 20.5. The van der Waals surface area contributed by atoms with E-state index in [0.717, 1.165) is 67.5 Å². The van der Waals surface area contributed by atoms with Crippen LogP contribution in [0.25, 0.3) is 22.2 Å². The highest BCUT2D eigenvalue weighted by Gasteiger charge is 2.21. The Balaban J connectivity index is 1.19. The summed E-state index contributed by atoms with van der Waals surface area (Å²) in [5, 5.41) is 6.90. The minimum Gasteiger partial charge on any atom is -0.343 e.